The molecule has 1 unspecified atom stereocenters. The number of benzene rings is 1. The van der Waals surface area contributed by atoms with Crippen LogP contribution in [0.4, 0.5) is 0 Å². The first-order valence-electron chi connectivity index (χ1n) is 6.22. The van der Waals surface area contributed by atoms with Crippen molar-refractivity contribution in [3.8, 4) is 0 Å². The summed E-state index contributed by atoms with van der Waals surface area (Å²) in [6.45, 7) is 4.59. The van der Waals surface area contributed by atoms with Crippen molar-refractivity contribution in [1.29, 1.82) is 0 Å². The van der Waals surface area contributed by atoms with Crippen LogP contribution in [0.1, 0.15) is 34.6 Å². The Morgan fingerprint density at radius 3 is 2.42 bits per heavy atom. The number of thiol groups is 1. The van der Waals surface area contributed by atoms with Crippen molar-refractivity contribution >= 4 is 40.4 Å². The fraction of sp³-hybridized carbons (Fsp3) is 0.429. The van der Waals surface area contributed by atoms with Gasteiger partial charge in [0.2, 0.25) is 0 Å². The van der Waals surface area contributed by atoms with E-state index in [1.807, 2.05) is 0 Å². The van der Waals surface area contributed by atoms with Gasteiger partial charge in [-0.05, 0) is 35.8 Å². The maximum absolute atomic E-state index is 12.3. The van der Waals surface area contributed by atoms with Crippen LogP contribution < -0.4 is 0 Å². The van der Waals surface area contributed by atoms with Crippen LogP contribution in [0.3, 0.4) is 0 Å². The normalized spacial score (nSPS) is 16.2. The number of hydrogen-bond acceptors (Lipinski definition) is 3. The second-order valence-electron chi connectivity index (χ2n) is 5.10. The van der Waals surface area contributed by atoms with E-state index in [1.165, 1.54) is 4.90 Å². The highest BCUT2D eigenvalue weighted by atomic mass is 79.9. The summed E-state index contributed by atoms with van der Waals surface area (Å²) in [5.41, 5.74) is 0.982. The number of carbonyl (C=O) groups excluding carboxylic acids is 2. The van der Waals surface area contributed by atoms with Crippen LogP contribution in [0.5, 0.6) is 0 Å². The van der Waals surface area contributed by atoms with Crippen LogP contribution >= 0.6 is 28.6 Å². The minimum absolute atomic E-state index is 0.195. The first-order valence-corrected chi connectivity index (χ1v) is 7.64. The van der Waals surface area contributed by atoms with E-state index in [2.05, 4.69) is 42.4 Å². The molecule has 0 fully saturated rings. The van der Waals surface area contributed by atoms with Gasteiger partial charge in [-0.15, -0.1) is 0 Å². The summed E-state index contributed by atoms with van der Waals surface area (Å²) in [6, 6.07) is 5.19. The lowest BCUT2D eigenvalue weighted by Crippen LogP contribution is -2.36. The molecule has 1 heterocycles. The van der Waals surface area contributed by atoms with Crippen molar-refractivity contribution in [3.63, 3.8) is 0 Å². The van der Waals surface area contributed by atoms with E-state index in [0.29, 0.717) is 29.3 Å². The van der Waals surface area contributed by atoms with Crippen LogP contribution in [0.25, 0.3) is 0 Å². The van der Waals surface area contributed by atoms with Crippen LogP contribution in [-0.2, 0) is 0 Å². The zero-order chi connectivity index (χ0) is 14.2. The van der Waals surface area contributed by atoms with Gasteiger partial charge in [0.25, 0.3) is 11.8 Å². The Hall–Kier alpha value is -0.810. The van der Waals surface area contributed by atoms with E-state index < -0.39 is 0 Å². The predicted molar refractivity (Wildman–Crippen MR) is 81.7 cm³/mol. The maximum Gasteiger partial charge on any atom is 0.261 e. The molecule has 19 heavy (non-hydrogen) atoms. The minimum atomic E-state index is -0.200. The average molecular weight is 342 g/mol. The van der Waals surface area contributed by atoms with E-state index in [4.69, 9.17) is 0 Å². The van der Waals surface area contributed by atoms with Gasteiger partial charge < -0.3 is 0 Å². The van der Waals surface area contributed by atoms with Gasteiger partial charge in [-0.25, -0.2) is 0 Å². The number of nitrogens with zero attached hydrogens (tertiary/aromatic N) is 1. The number of hydrogen-bond donors (Lipinski definition) is 1. The maximum atomic E-state index is 12.3. The molecular formula is C14H16BrNO2S. The third-order valence-electron chi connectivity index (χ3n) is 3.53. The van der Waals surface area contributed by atoms with Crippen molar-refractivity contribution in [2.45, 2.75) is 13.8 Å². The van der Waals surface area contributed by atoms with Crippen molar-refractivity contribution in [2.24, 2.45) is 11.8 Å². The number of amides is 2. The lowest BCUT2D eigenvalue weighted by molar-refractivity contribution is 0.0622. The molecule has 3 nitrogen and oxygen atoms in total. The molecule has 0 saturated heterocycles. The molecule has 2 rings (SSSR count). The highest BCUT2D eigenvalue weighted by molar-refractivity contribution is 9.10. The molecule has 0 aromatic heterocycles. The molecule has 5 heteroatoms. The summed E-state index contributed by atoms with van der Waals surface area (Å²) in [4.78, 5) is 25.9. The SMILES string of the molecule is CC(C)C(CS)CN1C(=O)c2ccc(Br)cc2C1=O. The fourth-order valence-corrected chi connectivity index (χ4v) is 3.04. The summed E-state index contributed by atoms with van der Waals surface area (Å²) in [7, 11) is 0. The zero-order valence-corrected chi connectivity index (χ0v) is 13.4. The van der Waals surface area contributed by atoms with Gasteiger partial charge in [0.1, 0.15) is 0 Å². The molecule has 2 amide bonds. The highest BCUT2D eigenvalue weighted by Crippen LogP contribution is 2.27. The van der Waals surface area contributed by atoms with Gasteiger partial charge in [-0.2, -0.15) is 12.6 Å². The molecule has 1 aliphatic heterocycles. The van der Waals surface area contributed by atoms with E-state index in [1.54, 1.807) is 18.2 Å². The first kappa shape index (κ1) is 14.6. The van der Waals surface area contributed by atoms with E-state index >= 15 is 0 Å². The topological polar surface area (TPSA) is 37.4 Å². The first-order chi connectivity index (χ1) is 8.95. The Balaban J connectivity index is 2.27. The largest absolute Gasteiger partial charge is 0.274 e. The molecule has 1 aromatic carbocycles. The lowest BCUT2D eigenvalue weighted by atomic mass is 9.97. The number of imide groups is 1. The molecule has 0 spiro atoms. The second-order valence-corrected chi connectivity index (χ2v) is 6.38. The molecule has 1 aliphatic rings. The average Bonchev–Trinajstić information content (AvgIpc) is 2.59. The van der Waals surface area contributed by atoms with Gasteiger partial charge >= 0.3 is 0 Å². The van der Waals surface area contributed by atoms with Crippen molar-refractivity contribution in [2.75, 3.05) is 12.3 Å². The summed E-state index contributed by atoms with van der Waals surface area (Å²) >= 11 is 7.63. The summed E-state index contributed by atoms with van der Waals surface area (Å²) in [5.74, 6) is 0.866. The Labute approximate surface area is 126 Å². The van der Waals surface area contributed by atoms with E-state index in [9.17, 15) is 9.59 Å². The Morgan fingerprint density at radius 2 is 1.84 bits per heavy atom. The summed E-state index contributed by atoms with van der Waals surface area (Å²) < 4.78 is 0.809. The predicted octanol–water partition coefficient (Wildman–Crippen LogP) is 3.25. The molecule has 1 atom stereocenters. The quantitative estimate of drug-likeness (QED) is 0.674. The molecule has 0 N–H and O–H groups in total. The van der Waals surface area contributed by atoms with Crippen LogP contribution in [0.2, 0.25) is 0 Å². The Kier molecular flexibility index (Phi) is 4.36. The molecule has 102 valence electrons. The number of halogens is 1. The molecule has 0 saturated carbocycles. The van der Waals surface area contributed by atoms with Gasteiger partial charge in [0.05, 0.1) is 11.1 Å². The monoisotopic (exact) mass is 341 g/mol. The smallest absolute Gasteiger partial charge is 0.261 e. The molecular weight excluding hydrogens is 326 g/mol. The van der Waals surface area contributed by atoms with Gasteiger partial charge in [0, 0.05) is 11.0 Å². The lowest BCUT2D eigenvalue weighted by Gasteiger charge is -2.23. The van der Waals surface area contributed by atoms with Gasteiger partial charge in [-0.1, -0.05) is 29.8 Å². The highest BCUT2D eigenvalue weighted by Gasteiger charge is 2.36. The van der Waals surface area contributed by atoms with Gasteiger partial charge in [0.15, 0.2) is 0 Å². The third-order valence-corrected chi connectivity index (χ3v) is 4.49. The standard InChI is InChI=1S/C14H16BrNO2S/c1-8(2)9(7-19)6-16-13(17)11-4-3-10(15)5-12(11)14(16)18/h3-5,8-9,19H,6-7H2,1-2H3. The second kappa shape index (κ2) is 5.67. The van der Waals surface area contributed by atoms with Crippen LogP contribution in [0.15, 0.2) is 22.7 Å². The van der Waals surface area contributed by atoms with Crippen molar-refractivity contribution in [1.82, 2.24) is 4.90 Å². The van der Waals surface area contributed by atoms with E-state index in [0.717, 1.165) is 4.47 Å². The molecule has 0 bridgehead atoms. The Bertz CT molecular complexity index is 530. The summed E-state index contributed by atoms with van der Waals surface area (Å²) in [6.07, 6.45) is 0. The zero-order valence-electron chi connectivity index (χ0n) is 10.9. The molecule has 0 aliphatic carbocycles. The minimum Gasteiger partial charge on any atom is -0.274 e. The van der Waals surface area contributed by atoms with Gasteiger partial charge in [-0.3, -0.25) is 14.5 Å². The van der Waals surface area contributed by atoms with Crippen molar-refractivity contribution < 1.29 is 9.59 Å². The van der Waals surface area contributed by atoms with Crippen molar-refractivity contribution in [3.05, 3.63) is 33.8 Å². The van der Waals surface area contributed by atoms with Crippen LogP contribution in [-0.4, -0.2) is 29.0 Å². The van der Waals surface area contributed by atoms with E-state index in [-0.39, 0.29) is 17.7 Å². The number of rotatable bonds is 4. The molecule has 0 radical (unpaired) electrons. The molecule has 1 aromatic rings. The fourth-order valence-electron chi connectivity index (χ4n) is 2.14. The van der Waals surface area contributed by atoms with Crippen LogP contribution in [0, 0.1) is 11.8 Å². The Morgan fingerprint density at radius 1 is 1.21 bits per heavy atom. The number of carbonyl (C=O) groups is 2. The third kappa shape index (κ3) is 2.72. The summed E-state index contributed by atoms with van der Waals surface area (Å²) in [5, 5.41) is 0. The number of fused-ring (bicyclic) bond motifs is 1.